The van der Waals surface area contributed by atoms with E-state index in [1.165, 1.54) is 0 Å². The largest absolute Gasteiger partial charge is 0.455 e. The molecule has 2 aromatic carbocycles. The SMILES string of the molecule is Cc1cc(NC(=O)c2oc3c(c2C)/C(=N\Nc2ccccc2)CC(C)(C)C3)c2ccccc2n1. The summed E-state index contributed by atoms with van der Waals surface area (Å²) in [7, 11) is 0. The van der Waals surface area contributed by atoms with E-state index in [0.29, 0.717) is 5.76 Å². The zero-order valence-electron chi connectivity index (χ0n) is 19.9. The molecule has 4 aromatic rings. The summed E-state index contributed by atoms with van der Waals surface area (Å²) in [4.78, 5) is 17.9. The number of hydrogen-bond acceptors (Lipinski definition) is 5. The van der Waals surface area contributed by atoms with E-state index in [4.69, 9.17) is 9.52 Å². The number of anilines is 2. The molecule has 2 heterocycles. The van der Waals surface area contributed by atoms with Crippen molar-refractivity contribution in [1.82, 2.24) is 4.98 Å². The van der Waals surface area contributed by atoms with Crippen molar-refractivity contribution < 1.29 is 9.21 Å². The van der Waals surface area contributed by atoms with Crippen LogP contribution in [0.3, 0.4) is 0 Å². The normalized spacial score (nSPS) is 15.8. The summed E-state index contributed by atoms with van der Waals surface area (Å²) >= 11 is 0. The van der Waals surface area contributed by atoms with Gasteiger partial charge in [0.25, 0.3) is 5.91 Å². The van der Waals surface area contributed by atoms with Crippen LogP contribution in [-0.2, 0) is 6.42 Å². The second-order valence-electron chi connectivity index (χ2n) is 9.69. The standard InChI is InChI=1S/C28H28N4O2/c1-17-14-22(20-12-8-9-13-21(20)29-17)30-27(33)26-18(2)25-23(15-28(3,4)16-24(25)34-26)32-31-19-10-6-5-7-11-19/h5-14,31H,15-16H2,1-4H3,(H,29,30,33)/b32-23-. The van der Waals surface area contributed by atoms with E-state index in [0.717, 1.165) is 63.4 Å². The van der Waals surface area contributed by atoms with Gasteiger partial charge in [0.2, 0.25) is 0 Å². The molecule has 0 fully saturated rings. The Morgan fingerprint density at radius 2 is 1.76 bits per heavy atom. The molecule has 6 heteroatoms. The molecular formula is C28H28N4O2. The van der Waals surface area contributed by atoms with Crippen molar-refractivity contribution >= 4 is 33.9 Å². The molecule has 0 unspecified atom stereocenters. The molecule has 34 heavy (non-hydrogen) atoms. The number of carbonyl (C=O) groups is 1. The van der Waals surface area contributed by atoms with Gasteiger partial charge in [-0.05, 0) is 49.9 Å². The Kier molecular flexibility index (Phi) is 5.44. The monoisotopic (exact) mass is 452 g/mol. The van der Waals surface area contributed by atoms with Gasteiger partial charge in [0.15, 0.2) is 5.76 Å². The van der Waals surface area contributed by atoms with E-state index in [1.54, 1.807) is 0 Å². The minimum atomic E-state index is -0.268. The number of nitrogens with one attached hydrogen (secondary N) is 2. The van der Waals surface area contributed by atoms with Crippen LogP contribution in [-0.4, -0.2) is 16.6 Å². The van der Waals surface area contributed by atoms with Gasteiger partial charge in [-0.1, -0.05) is 50.2 Å². The third kappa shape index (κ3) is 4.19. The number of rotatable bonds is 4. The van der Waals surface area contributed by atoms with Crippen LogP contribution in [0, 0.1) is 19.3 Å². The van der Waals surface area contributed by atoms with Crippen molar-refractivity contribution in [3.05, 3.63) is 89.0 Å². The molecule has 6 nitrogen and oxygen atoms in total. The predicted octanol–water partition coefficient (Wildman–Crippen LogP) is 6.49. The molecule has 0 atom stereocenters. The van der Waals surface area contributed by atoms with Crippen LogP contribution in [0.5, 0.6) is 0 Å². The van der Waals surface area contributed by atoms with Gasteiger partial charge in [-0.3, -0.25) is 15.2 Å². The van der Waals surface area contributed by atoms with Crippen molar-refractivity contribution in [1.29, 1.82) is 0 Å². The molecule has 172 valence electrons. The van der Waals surface area contributed by atoms with Crippen molar-refractivity contribution in [3.8, 4) is 0 Å². The first-order chi connectivity index (χ1) is 16.3. The van der Waals surface area contributed by atoms with Crippen molar-refractivity contribution in [2.75, 3.05) is 10.7 Å². The average Bonchev–Trinajstić information content (AvgIpc) is 3.13. The van der Waals surface area contributed by atoms with Gasteiger partial charge in [0.1, 0.15) is 5.76 Å². The Hall–Kier alpha value is -3.93. The smallest absolute Gasteiger partial charge is 0.291 e. The minimum absolute atomic E-state index is 0.0271. The van der Waals surface area contributed by atoms with E-state index in [1.807, 2.05) is 74.5 Å². The lowest BCUT2D eigenvalue weighted by molar-refractivity contribution is 0.0993. The van der Waals surface area contributed by atoms with Crippen molar-refractivity contribution in [2.45, 2.75) is 40.5 Å². The summed E-state index contributed by atoms with van der Waals surface area (Å²) in [5.74, 6) is 0.868. The van der Waals surface area contributed by atoms with Crippen molar-refractivity contribution in [2.24, 2.45) is 10.5 Å². The van der Waals surface area contributed by atoms with E-state index < -0.39 is 0 Å². The number of carbonyl (C=O) groups excluding carboxylic acids is 1. The first-order valence-electron chi connectivity index (χ1n) is 11.5. The Bertz CT molecular complexity index is 1420. The third-order valence-electron chi connectivity index (χ3n) is 6.19. The highest BCUT2D eigenvalue weighted by atomic mass is 16.4. The van der Waals surface area contributed by atoms with Crippen LogP contribution >= 0.6 is 0 Å². The highest BCUT2D eigenvalue weighted by Crippen LogP contribution is 2.39. The van der Waals surface area contributed by atoms with E-state index >= 15 is 0 Å². The van der Waals surface area contributed by atoms with Gasteiger partial charge in [-0.25, -0.2) is 0 Å². The van der Waals surface area contributed by atoms with E-state index in [-0.39, 0.29) is 11.3 Å². The number of fused-ring (bicyclic) bond motifs is 2. The number of para-hydroxylation sites is 2. The summed E-state index contributed by atoms with van der Waals surface area (Å²) in [6.07, 6.45) is 1.54. The topological polar surface area (TPSA) is 79.5 Å². The summed E-state index contributed by atoms with van der Waals surface area (Å²) in [5.41, 5.74) is 9.11. The van der Waals surface area contributed by atoms with Crippen LogP contribution in [0.15, 0.2) is 70.2 Å². The molecule has 0 saturated heterocycles. The maximum absolute atomic E-state index is 13.4. The highest BCUT2D eigenvalue weighted by molar-refractivity contribution is 6.11. The number of aryl methyl sites for hydroxylation is 1. The molecule has 0 bridgehead atoms. The fourth-order valence-electron chi connectivity index (χ4n) is 4.66. The molecule has 2 aromatic heterocycles. The van der Waals surface area contributed by atoms with Crippen LogP contribution in [0.1, 0.15) is 53.4 Å². The lowest BCUT2D eigenvalue weighted by atomic mass is 9.75. The zero-order chi connectivity index (χ0) is 23.9. The van der Waals surface area contributed by atoms with Gasteiger partial charge >= 0.3 is 0 Å². The fraction of sp³-hybridized carbons (Fsp3) is 0.250. The number of benzene rings is 2. The molecular weight excluding hydrogens is 424 g/mol. The van der Waals surface area contributed by atoms with Gasteiger partial charge < -0.3 is 9.73 Å². The first kappa shape index (κ1) is 21.9. The van der Waals surface area contributed by atoms with Gasteiger partial charge in [0, 0.05) is 28.6 Å². The van der Waals surface area contributed by atoms with E-state index in [9.17, 15) is 4.79 Å². The molecule has 1 amide bonds. The molecule has 0 aliphatic heterocycles. The summed E-state index contributed by atoms with van der Waals surface area (Å²) in [5, 5.41) is 8.68. The second kappa shape index (κ2) is 8.45. The van der Waals surface area contributed by atoms with Gasteiger partial charge in [-0.15, -0.1) is 0 Å². The zero-order valence-corrected chi connectivity index (χ0v) is 19.9. The Morgan fingerprint density at radius 1 is 1.03 bits per heavy atom. The second-order valence-corrected chi connectivity index (χ2v) is 9.69. The maximum Gasteiger partial charge on any atom is 0.291 e. The minimum Gasteiger partial charge on any atom is -0.455 e. The quantitative estimate of drug-likeness (QED) is 0.347. The van der Waals surface area contributed by atoms with Gasteiger partial charge in [-0.2, -0.15) is 5.10 Å². The number of hydrazone groups is 1. The van der Waals surface area contributed by atoms with Crippen molar-refractivity contribution in [3.63, 3.8) is 0 Å². The number of nitrogens with zero attached hydrogens (tertiary/aromatic N) is 2. The van der Waals surface area contributed by atoms with Gasteiger partial charge in [0.05, 0.1) is 22.6 Å². The lowest BCUT2D eigenvalue weighted by Crippen LogP contribution is -2.27. The maximum atomic E-state index is 13.4. The molecule has 1 aliphatic rings. The fourth-order valence-corrected chi connectivity index (χ4v) is 4.66. The number of pyridine rings is 1. The number of aromatic nitrogens is 1. The molecule has 0 radical (unpaired) electrons. The Labute approximate surface area is 199 Å². The Balaban J connectivity index is 1.50. The molecule has 1 aliphatic carbocycles. The lowest BCUT2D eigenvalue weighted by Gasteiger charge is -2.29. The average molecular weight is 453 g/mol. The van der Waals surface area contributed by atoms with Crippen LogP contribution in [0.2, 0.25) is 0 Å². The highest BCUT2D eigenvalue weighted by Gasteiger charge is 2.36. The Morgan fingerprint density at radius 3 is 2.56 bits per heavy atom. The number of furan rings is 1. The third-order valence-corrected chi connectivity index (χ3v) is 6.19. The number of amides is 1. The molecule has 2 N–H and O–H groups in total. The van der Waals surface area contributed by atoms with Crippen LogP contribution in [0.25, 0.3) is 10.9 Å². The van der Waals surface area contributed by atoms with E-state index in [2.05, 4.69) is 29.6 Å². The summed E-state index contributed by atoms with van der Waals surface area (Å²) in [6.45, 7) is 8.24. The summed E-state index contributed by atoms with van der Waals surface area (Å²) in [6, 6.07) is 19.5. The molecule has 5 rings (SSSR count). The molecule has 0 saturated carbocycles. The van der Waals surface area contributed by atoms with Crippen LogP contribution < -0.4 is 10.7 Å². The number of hydrogen-bond donors (Lipinski definition) is 2. The molecule has 0 spiro atoms. The summed E-state index contributed by atoms with van der Waals surface area (Å²) < 4.78 is 6.19. The first-order valence-corrected chi connectivity index (χ1v) is 11.5. The predicted molar refractivity (Wildman–Crippen MR) is 137 cm³/mol. The van der Waals surface area contributed by atoms with Crippen LogP contribution in [0.4, 0.5) is 11.4 Å².